The van der Waals surface area contributed by atoms with E-state index in [2.05, 4.69) is 0 Å². The maximum Gasteiger partial charge on any atom is 0.348 e. The highest BCUT2D eigenvalue weighted by atomic mass is 35.5. The zero-order chi connectivity index (χ0) is 19.1. The molecule has 1 aromatic heterocycles. The molecule has 0 saturated carbocycles. The van der Waals surface area contributed by atoms with Gasteiger partial charge in [0.15, 0.2) is 12.4 Å². The molecule has 9 heteroatoms. The Balaban J connectivity index is 1.72. The van der Waals surface area contributed by atoms with Crippen LogP contribution in [-0.4, -0.2) is 39.1 Å². The van der Waals surface area contributed by atoms with Crippen LogP contribution in [0.3, 0.4) is 0 Å². The molecular formula is C17H16ClNO5S2. The fourth-order valence-electron chi connectivity index (χ4n) is 2.99. The molecule has 0 unspecified atom stereocenters. The first kappa shape index (κ1) is 18.9. The Morgan fingerprint density at radius 2 is 2.04 bits per heavy atom. The summed E-state index contributed by atoms with van der Waals surface area (Å²) in [6.07, 6.45) is 1.69. The van der Waals surface area contributed by atoms with Gasteiger partial charge in [0.2, 0.25) is 10.0 Å². The standard InChI is InChI=1S/C17H16ClNO5S2/c1-10-7-12-8-11(3-4-13(12)19(10)26(2,22)23)14(20)9-24-17(21)15-5-6-16(18)25-15/h3-6,8,10H,7,9H2,1-2H3/t10-/m1/s1. The van der Waals surface area contributed by atoms with Crippen molar-refractivity contribution in [1.29, 1.82) is 0 Å². The summed E-state index contributed by atoms with van der Waals surface area (Å²) in [6, 6.07) is 7.75. The Morgan fingerprint density at radius 3 is 2.65 bits per heavy atom. The smallest absolute Gasteiger partial charge is 0.348 e. The lowest BCUT2D eigenvalue weighted by atomic mass is 10.0. The van der Waals surface area contributed by atoms with E-state index < -0.39 is 22.6 Å². The van der Waals surface area contributed by atoms with E-state index in [1.54, 1.807) is 24.3 Å². The van der Waals surface area contributed by atoms with Gasteiger partial charge in [-0.15, -0.1) is 11.3 Å². The van der Waals surface area contributed by atoms with Gasteiger partial charge in [0.05, 0.1) is 16.3 Å². The first-order valence-corrected chi connectivity index (χ1v) is 10.8. The van der Waals surface area contributed by atoms with Crippen molar-refractivity contribution in [2.24, 2.45) is 0 Å². The average Bonchev–Trinajstić information content (AvgIpc) is 3.13. The predicted octanol–water partition coefficient (Wildman–Crippen LogP) is 3.15. The lowest BCUT2D eigenvalue weighted by Gasteiger charge is -2.21. The van der Waals surface area contributed by atoms with Crippen LogP contribution in [0.5, 0.6) is 0 Å². The molecule has 0 amide bonds. The number of rotatable bonds is 5. The molecule has 138 valence electrons. The maximum atomic E-state index is 12.3. The van der Waals surface area contributed by atoms with Crippen molar-refractivity contribution in [1.82, 2.24) is 0 Å². The van der Waals surface area contributed by atoms with Crippen molar-refractivity contribution in [2.75, 3.05) is 17.2 Å². The maximum absolute atomic E-state index is 12.3. The van der Waals surface area contributed by atoms with Gasteiger partial charge in [0.1, 0.15) is 4.88 Å². The van der Waals surface area contributed by atoms with Crippen LogP contribution < -0.4 is 4.31 Å². The van der Waals surface area contributed by atoms with Gasteiger partial charge in [0, 0.05) is 11.6 Å². The molecule has 2 heterocycles. The van der Waals surface area contributed by atoms with Gasteiger partial charge < -0.3 is 4.74 Å². The monoisotopic (exact) mass is 413 g/mol. The van der Waals surface area contributed by atoms with Crippen molar-refractivity contribution in [2.45, 2.75) is 19.4 Å². The quantitative estimate of drug-likeness (QED) is 0.555. The van der Waals surface area contributed by atoms with Crippen LogP contribution in [0.2, 0.25) is 4.34 Å². The van der Waals surface area contributed by atoms with E-state index in [0.29, 0.717) is 26.9 Å². The van der Waals surface area contributed by atoms with Gasteiger partial charge in [-0.2, -0.15) is 0 Å². The molecule has 0 aliphatic carbocycles. The third-order valence-electron chi connectivity index (χ3n) is 4.02. The van der Waals surface area contributed by atoms with Crippen LogP contribution in [0.25, 0.3) is 0 Å². The summed E-state index contributed by atoms with van der Waals surface area (Å²) in [6.45, 7) is 1.43. The summed E-state index contributed by atoms with van der Waals surface area (Å²) in [5.74, 6) is -0.956. The zero-order valence-corrected chi connectivity index (χ0v) is 16.5. The van der Waals surface area contributed by atoms with E-state index in [4.69, 9.17) is 16.3 Å². The average molecular weight is 414 g/mol. The Kier molecular flexibility index (Phi) is 5.09. The number of anilines is 1. The van der Waals surface area contributed by atoms with Gasteiger partial charge in [-0.1, -0.05) is 11.6 Å². The number of carbonyl (C=O) groups excluding carboxylic acids is 2. The molecule has 26 heavy (non-hydrogen) atoms. The minimum atomic E-state index is -3.38. The van der Waals surface area contributed by atoms with Crippen LogP contribution in [0.4, 0.5) is 5.69 Å². The molecule has 1 aromatic carbocycles. The van der Waals surface area contributed by atoms with Gasteiger partial charge >= 0.3 is 5.97 Å². The molecule has 0 spiro atoms. The van der Waals surface area contributed by atoms with E-state index >= 15 is 0 Å². The number of esters is 1. The molecule has 2 aromatic rings. The number of ether oxygens (including phenoxy) is 1. The number of thiophene rings is 1. The summed E-state index contributed by atoms with van der Waals surface area (Å²) in [7, 11) is -3.38. The van der Waals surface area contributed by atoms with Gasteiger partial charge in [-0.3, -0.25) is 9.10 Å². The van der Waals surface area contributed by atoms with Crippen molar-refractivity contribution in [3.8, 4) is 0 Å². The van der Waals surface area contributed by atoms with Crippen molar-refractivity contribution >= 4 is 50.4 Å². The highest BCUT2D eigenvalue weighted by molar-refractivity contribution is 7.92. The second kappa shape index (κ2) is 7.02. The molecule has 0 saturated heterocycles. The van der Waals surface area contributed by atoms with Crippen molar-refractivity contribution in [3.63, 3.8) is 0 Å². The number of halogens is 1. The summed E-state index contributed by atoms with van der Waals surface area (Å²) >= 11 is 6.85. The second-order valence-corrected chi connectivity index (χ2v) is 9.63. The van der Waals surface area contributed by atoms with E-state index in [1.165, 1.54) is 10.4 Å². The topological polar surface area (TPSA) is 80.8 Å². The number of Topliss-reactive ketones (excluding diaryl/α,β-unsaturated/α-hetero) is 1. The Labute approximate surface area is 160 Å². The fraction of sp³-hybridized carbons (Fsp3) is 0.294. The molecule has 0 fully saturated rings. The van der Waals surface area contributed by atoms with Gasteiger partial charge in [0.25, 0.3) is 0 Å². The van der Waals surface area contributed by atoms with Gasteiger partial charge in [-0.05, 0) is 49.2 Å². The molecular weight excluding hydrogens is 398 g/mol. The van der Waals surface area contributed by atoms with Gasteiger partial charge in [-0.25, -0.2) is 13.2 Å². The number of hydrogen-bond acceptors (Lipinski definition) is 6. The molecule has 0 bridgehead atoms. The summed E-state index contributed by atoms with van der Waals surface area (Å²) in [5, 5.41) is 0. The Bertz CT molecular complexity index is 983. The van der Waals surface area contributed by atoms with E-state index in [9.17, 15) is 18.0 Å². The number of sulfonamides is 1. The van der Waals surface area contributed by atoms with E-state index in [-0.39, 0.29) is 11.8 Å². The lowest BCUT2D eigenvalue weighted by molar-refractivity contribution is 0.0479. The van der Waals surface area contributed by atoms with E-state index in [1.807, 2.05) is 6.92 Å². The number of carbonyl (C=O) groups is 2. The molecule has 1 atom stereocenters. The first-order chi connectivity index (χ1) is 12.2. The third kappa shape index (κ3) is 3.77. The zero-order valence-electron chi connectivity index (χ0n) is 14.1. The number of benzene rings is 1. The molecule has 0 N–H and O–H groups in total. The van der Waals surface area contributed by atoms with Crippen molar-refractivity contribution < 1.29 is 22.7 Å². The highest BCUT2D eigenvalue weighted by Gasteiger charge is 2.32. The number of nitrogens with zero attached hydrogens (tertiary/aromatic N) is 1. The normalized spacial score (nSPS) is 16.4. The van der Waals surface area contributed by atoms with E-state index in [0.717, 1.165) is 23.2 Å². The first-order valence-electron chi connectivity index (χ1n) is 7.75. The molecule has 1 aliphatic heterocycles. The summed E-state index contributed by atoms with van der Waals surface area (Å²) in [4.78, 5) is 24.5. The molecule has 0 radical (unpaired) electrons. The minimum Gasteiger partial charge on any atom is -0.453 e. The fourth-order valence-corrected chi connectivity index (χ4v) is 5.19. The molecule has 3 rings (SSSR count). The largest absolute Gasteiger partial charge is 0.453 e. The van der Waals surface area contributed by atoms with Crippen LogP contribution in [0.15, 0.2) is 30.3 Å². The van der Waals surface area contributed by atoms with Crippen LogP contribution >= 0.6 is 22.9 Å². The lowest BCUT2D eigenvalue weighted by Crippen LogP contribution is -2.34. The molecule has 1 aliphatic rings. The SMILES string of the molecule is C[C@@H]1Cc2cc(C(=O)COC(=O)c3ccc(Cl)s3)ccc2N1S(C)(=O)=O. The number of fused-ring (bicyclic) bond motifs is 1. The van der Waals surface area contributed by atoms with Crippen LogP contribution in [-0.2, 0) is 21.2 Å². The number of ketones is 1. The van der Waals surface area contributed by atoms with Crippen molar-refractivity contribution in [3.05, 3.63) is 50.7 Å². The summed E-state index contributed by atoms with van der Waals surface area (Å²) in [5.41, 5.74) is 1.75. The summed E-state index contributed by atoms with van der Waals surface area (Å²) < 4.78 is 30.7. The predicted molar refractivity (Wildman–Crippen MR) is 101 cm³/mol. The minimum absolute atomic E-state index is 0.202. The highest BCUT2D eigenvalue weighted by Crippen LogP contribution is 2.34. The Morgan fingerprint density at radius 1 is 1.31 bits per heavy atom. The number of hydrogen-bond donors (Lipinski definition) is 0. The molecule has 6 nitrogen and oxygen atoms in total. The van der Waals surface area contributed by atoms with Crippen LogP contribution in [0.1, 0.15) is 32.5 Å². The second-order valence-electron chi connectivity index (χ2n) is 6.06. The van der Waals surface area contributed by atoms with Crippen LogP contribution in [0, 0.1) is 0 Å². The Hall–Kier alpha value is -1.90. The third-order valence-corrected chi connectivity index (χ3v) is 6.50.